The standard InChI is InChI=1S/C11H12BrClO3/c1-15-11-8(14)5-10(11)16-9-3-2-6(12)4-7(9)13/h2-4,8,10-11,14H,5H2,1H3. The molecule has 0 heterocycles. The zero-order valence-electron chi connectivity index (χ0n) is 8.69. The molecule has 1 aliphatic carbocycles. The molecule has 2 rings (SSSR count). The molecule has 16 heavy (non-hydrogen) atoms. The number of benzene rings is 1. The van der Waals surface area contributed by atoms with Crippen molar-refractivity contribution < 1.29 is 14.6 Å². The van der Waals surface area contributed by atoms with Gasteiger partial charge in [0.05, 0.1) is 11.1 Å². The van der Waals surface area contributed by atoms with E-state index in [-0.39, 0.29) is 12.2 Å². The Bertz CT molecular complexity index is 385. The number of aliphatic hydroxyl groups is 1. The molecule has 0 aliphatic heterocycles. The third-order valence-corrected chi connectivity index (χ3v) is 3.45. The van der Waals surface area contributed by atoms with E-state index < -0.39 is 6.10 Å². The topological polar surface area (TPSA) is 38.7 Å². The van der Waals surface area contributed by atoms with E-state index in [4.69, 9.17) is 21.1 Å². The zero-order valence-corrected chi connectivity index (χ0v) is 11.0. The second kappa shape index (κ2) is 4.92. The van der Waals surface area contributed by atoms with Crippen LogP contribution in [-0.2, 0) is 4.74 Å². The van der Waals surface area contributed by atoms with Crippen molar-refractivity contribution in [3.63, 3.8) is 0 Å². The number of hydrogen-bond acceptors (Lipinski definition) is 3. The van der Waals surface area contributed by atoms with Gasteiger partial charge in [0, 0.05) is 18.0 Å². The number of rotatable bonds is 3. The molecule has 88 valence electrons. The van der Waals surface area contributed by atoms with Crippen LogP contribution in [0.5, 0.6) is 5.75 Å². The number of halogens is 2. The minimum Gasteiger partial charge on any atom is -0.486 e. The van der Waals surface area contributed by atoms with Crippen LogP contribution in [0.3, 0.4) is 0 Å². The molecule has 0 amide bonds. The van der Waals surface area contributed by atoms with Gasteiger partial charge in [-0.3, -0.25) is 0 Å². The van der Waals surface area contributed by atoms with Crippen LogP contribution in [0.25, 0.3) is 0 Å². The fraction of sp³-hybridized carbons (Fsp3) is 0.455. The van der Waals surface area contributed by atoms with Crippen molar-refractivity contribution >= 4 is 27.5 Å². The first-order chi connectivity index (χ1) is 7.61. The van der Waals surface area contributed by atoms with E-state index in [1.165, 1.54) is 0 Å². The second-order valence-corrected chi connectivity index (χ2v) is 5.06. The van der Waals surface area contributed by atoms with Gasteiger partial charge in [-0.1, -0.05) is 27.5 Å². The predicted octanol–water partition coefficient (Wildman–Crippen LogP) is 2.63. The predicted molar refractivity (Wildman–Crippen MR) is 65.0 cm³/mol. The Morgan fingerprint density at radius 1 is 1.50 bits per heavy atom. The van der Waals surface area contributed by atoms with Crippen molar-refractivity contribution in [3.8, 4) is 5.75 Å². The molecule has 0 aromatic heterocycles. The van der Waals surface area contributed by atoms with Crippen LogP contribution in [0.4, 0.5) is 0 Å². The van der Waals surface area contributed by atoms with Gasteiger partial charge in [-0.05, 0) is 18.2 Å². The molecule has 1 N–H and O–H groups in total. The van der Waals surface area contributed by atoms with E-state index in [9.17, 15) is 5.11 Å². The van der Waals surface area contributed by atoms with Gasteiger partial charge in [-0.25, -0.2) is 0 Å². The van der Waals surface area contributed by atoms with Gasteiger partial charge in [0.15, 0.2) is 0 Å². The Kier molecular flexibility index (Phi) is 3.74. The molecular formula is C11H12BrClO3. The minimum atomic E-state index is -0.441. The van der Waals surface area contributed by atoms with E-state index in [0.717, 1.165) is 4.47 Å². The quantitative estimate of drug-likeness (QED) is 0.933. The molecule has 0 spiro atoms. The van der Waals surface area contributed by atoms with E-state index >= 15 is 0 Å². The molecule has 1 saturated carbocycles. The molecule has 3 unspecified atom stereocenters. The van der Waals surface area contributed by atoms with Crippen LogP contribution in [0.15, 0.2) is 22.7 Å². The first-order valence-electron chi connectivity index (χ1n) is 4.94. The van der Waals surface area contributed by atoms with Crippen molar-refractivity contribution in [2.24, 2.45) is 0 Å². The Labute approximate surface area is 107 Å². The Balaban J connectivity index is 2.04. The first kappa shape index (κ1) is 12.2. The molecule has 1 aromatic rings. The van der Waals surface area contributed by atoms with Crippen molar-refractivity contribution in [2.75, 3.05) is 7.11 Å². The molecule has 3 atom stereocenters. The average Bonchev–Trinajstić information content (AvgIpc) is 2.21. The lowest BCUT2D eigenvalue weighted by Gasteiger charge is -2.40. The average molecular weight is 308 g/mol. The molecule has 1 aromatic carbocycles. The molecule has 0 saturated heterocycles. The van der Waals surface area contributed by atoms with Crippen LogP contribution < -0.4 is 4.74 Å². The van der Waals surface area contributed by atoms with E-state index in [0.29, 0.717) is 17.2 Å². The van der Waals surface area contributed by atoms with Gasteiger partial charge in [-0.2, -0.15) is 0 Å². The second-order valence-electron chi connectivity index (χ2n) is 3.73. The Morgan fingerprint density at radius 3 is 2.81 bits per heavy atom. The van der Waals surface area contributed by atoms with Crippen molar-refractivity contribution in [1.29, 1.82) is 0 Å². The van der Waals surface area contributed by atoms with E-state index in [1.54, 1.807) is 19.2 Å². The van der Waals surface area contributed by atoms with Gasteiger partial charge in [0.25, 0.3) is 0 Å². The lowest BCUT2D eigenvalue weighted by molar-refractivity contribution is -0.149. The SMILES string of the molecule is COC1C(O)CC1Oc1ccc(Br)cc1Cl. The molecular weight excluding hydrogens is 295 g/mol. The summed E-state index contributed by atoms with van der Waals surface area (Å²) in [6.07, 6.45) is -0.257. The van der Waals surface area contributed by atoms with E-state index in [2.05, 4.69) is 15.9 Å². The smallest absolute Gasteiger partial charge is 0.138 e. The number of aliphatic hydroxyl groups excluding tert-OH is 1. The van der Waals surface area contributed by atoms with Gasteiger partial charge in [0.2, 0.25) is 0 Å². The number of methoxy groups -OCH3 is 1. The van der Waals surface area contributed by atoms with Crippen molar-refractivity contribution in [1.82, 2.24) is 0 Å². The summed E-state index contributed by atoms with van der Waals surface area (Å²) in [5, 5.41) is 9.97. The van der Waals surface area contributed by atoms with Gasteiger partial charge < -0.3 is 14.6 Å². The maximum absolute atomic E-state index is 9.42. The van der Waals surface area contributed by atoms with Crippen molar-refractivity contribution in [3.05, 3.63) is 27.7 Å². The largest absolute Gasteiger partial charge is 0.486 e. The van der Waals surface area contributed by atoms with Crippen LogP contribution in [-0.4, -0.2) is 30.5 Å². The fourth-order valence-electron chi connectivity index (χ4n) is 1.72. The molecule has 0 radical (unpaired) electrons. The van der Waals surface area contributed by atoms with Gasteiger partial charge in [-0.15, -0.1) is 0 Å². The summed E-state index contributed by atoms with van der Waals surface area (Å²) < 4.78 is 11.7. The summed E-state index contributed by atoms with van der Waals surface area (Å²) in [6.45, 7) is 0. The molecule has 5 heteroatoms. The summed E-state index contributed by atoms with van der Waals surface area (Å²) in [5.74, 6) is 0.615. The Morgan fingerprint density at radius 2 is 2.25 bits per heavy atom. The van der Waals surface area contributed by atoms with Crippen LogP contribution >= 0.6 is 27.5 Å². The van der Waals surface area contributed by atoms with E-state index in [1.807, 2.05) is 6.07 Å². The Hall–Kier alpha value is -0.290. The highest BCUT2D eigenvalue weighted by atomic mass is 79.9. The summed E-state index contributed by atoms with van der Waals surface area (Å²) in [5.41, 5.74) is 0. The van der Waals surface area contributed by atoms with Crippen LogP contribution in [0.1, 0.15) is 6.42 Å². The normalized spacial score (nSPS) is 28.6. The lowest BCUT2D eigenvalue weighted by atomic mass is 9.88. The fourth-order valence-corrected chi connectivity index (χ4v) is 2.43. The highest BCUT2D eigenvalue weighted by Crippen LogP contribution is 2.33. The molecule has 0 bridgehead atoms. The lowest BCUT2D eigenvalue weighted by Crippen LogP contribution is -2.54. The number of ether oxygens (including phenoxy) is 2. The summed E-state index contributed by atoms with van der Waals surface area (Å²) in [7, 11) is 1.56. The molecule has 1 aliphatic rings. The van der Waals surface area contributed by atoms with Crippen LogP contribution in [0, 0.1) is 0 Å². The zero-order chi connectivity index (χ0) is 11.7. The summed E-state index contributed by atoms with van der Waals surface area (Å²) >= 11 is 9.35. The van der Waals surface area contributed by atoms with Crippen molar-refractivity contribution in [2.45, 2.75) is 24.7 Å². The molecule has 3 nitrogen and oxygen atoms in total. The summed E-state index contributed by atoms with van der Waals surface area (Å²) in [6, 6.07) is 5.43. The summed E-state index contributed by atoms with van der Waals surface area (Å²) in [4.78, 5) is 0. The highest BCUT2D eigenvalue weighted by Gasteiger charge is 2.42. The maximum atomic E-state index is 9.42. The third-order valence-electron chi connectivity index (χ3n) is 2.66. The molecule has 1 fully saturated rings. The first-order valence-corrected chi connectivity index (χ1v) is 6.11. The monoisotopic (exact) mass is 306 g/mol. The van der Waals surface area contributed by atoms with Crippen LogP contribution in [0.2, 0.25) is 5.02 Å². The third kappa shape index (κ3) is 2.35. The number of hydrogen-bond donors (Lipinski definition) is 1. The maximum Gasteiger partial charge on any atom is 0.138 e. The highest BCUT2D eigenvalue weighted by molar-refractivity contribution is 9.10. The van der Waals surface area contributed by atoms with Gasteiger partial charge in [0.1, 0.15) is 18.0 Å². The minimum absolute atomic E-state index is 0.126. The van der Waals surface area contributed by atoms with Gasteiger partial charge >= 0.3 is 0 Å².